The highest BCUT2D eigenvalue weighted by atomic mass is 16.5. The summed E-state index contributed by atoms with van der Waals surface area (Å²) in [5.41, 5.74) is 2.51. The summed E-state index contributed by atoms with van der Waals surface area (Å²) in [6.07, 6.45) is 2.03. The molecule has 0 unspecified atom stereocenters. The molecule has 1 N–H and O–H groups in total. The monoisotopic (exact) mass is 340 g/mol. The normalized spacial score (nSPS) is 10.8. The van der Waals surface area contributed by atoms with Gasteiger partial charge in [0.25, 0.3) is 5.91 Å². The highest BCUT2D eigenvalue weighted by Gasteiger charge is 2.17. The van der Waals surface area contributed by atoms with Crippen LogP contribution in [-0.4, -0.2) is 21.2 Å². The van der Waals surface area contributed by atoms with E-state index in [0.717, 1.165) is 29.9 Å². The zero-order chi connectivity index (χ0) is 17.6. The van der Waals surface area contributed by atoms with Gasteiger partial charge in [0.1, 0.15) is 5.76 Å². The van der Waals surface area contributed by atoms with Crippen molar-refractivity contribution in [3.8, 4) is 0 Å². The number of carbonyl (C=O) groups is 1. The van der Waals surface area contributed by atoms with Gasteiger partial charge in [-0.1, -0.05) is 42.4 Å². The molecule has 25 heavy (non-hydrogen) atoms. The standard InChI is InChI=1S/C18H20N4O3/c1-3-14-13(15(4-2)24-21-14)10-17-20-16(22-25-17)11-19-18(23)12-8-6-5-7-9-12/h5-9H,3-4,10-11H2,1-2H3,(H,19,23). The van der Waals surface area contributed by atoms with Gasteiger partial charge in [-0.15, -0.1) is 0 Å². The second kappa shape index (κ2) is 7.74. The van der Waals surface area contributed by atoms with Crippen LogP contribution in [0.15, 0.2) is 39.4 Å². The third kappa shape index (κ3) is 3.93. The molecule has 0 atom stereocenters. The Morgan fingerprint density at radius 2 is 1.88 bits per heavy atom. The Hall–Kier alpha value is -2.96. The summed E-state index contributed by atoms with van der Waals surface area (Å²) in [5, 5.41) is 10.8. The summed E-state index contributed by atoms with van der Waals surface area (Å²) in [6, 6.07) is 9.00. The predicted octanol–water partition coefficient (Wildman–Crippen LogP) is 2.70. The maximum Gasteiger partial charge on any atom is 0.251 e. The number of nitrogens with zero attached hydrogens (tertiary/aromatic N) is 3. The van der Waals surface area contributed by atoms with Crippen molar-refractivity contribution in [2.45, 2.75) is 39.7 Å². The van der Waals surface area contributed by atoms with Crippen molar-refractivity contribution in [1.82, 2.24) is 20.6 Å². The highest BCUT2D eigenvalue weighted by molar-refractivity contribution is 5.93. The average Bonchev–Trinajstić information content (AvgIpc) is 3.27. The van der Waals surface area contributed by atoms with Crippen molar-refractivity contribution in [1.29, 1.82) is 0 Å². The molecular weight excluding hydrogens is 320 g/mol. The number of carbonyl (C=O) groups excluding carboxylic acids is 1. The van der Waals surface area contributed by atoms with Gasteiger partial charge in [-0.25, -0.2) is 0 Å². The van der Waals surface area contributed by atoms with Gasteiger partial charge in [0.15, 0.2) is 5.82 Å². The van der Waals surface area contributed by atoms with Crippen molar-refractivity contribution >= 4 is 5.91 Å². The van der Waals surface area contributed by atoms with Gasteiger partial charge in [0, 0.05) is 17.5 Å². The minimum Gasteiger partial charge on any atom is -0.361 e. The Morgan fingerprint density at radius 1 is 1.08 bits per heavy atom. The molecule has 3 aromatic rings. The topological polar surface area (TPSA) is 94.1 Å². The second-order valence-corrected chi connectivity index (χ2v) is 5.57. The van der Waals surface area contributed by atoms with Crippen molar-refractivity contribution in [2.75, 3.05) is 0 Å². The van der Waals surface area contributed by atoms with Crippen LogP contribution in [0.3, 0.4) is 0 Å². The SMILES string of the molecule is CCc1noc(CC)c1Cc1nc(CNC(=O)c2ccccc2)no1. The van der Waals surface area contributed by atoms with E-state index in [-0.39, 0.29) is 12.5 Å². The molecule has 1 aromatic carbocycles. The van der Waals surface area contributed by atoms with Crippen LogP contribution < -0.4 is 5.32 Å². The Bertz CT molecular complexity index is 818. The van der Waals surface area contributed by atoms with E-state index in [1.807, 2.05) is 32.0 Å². The molecule has 0 aliphatic heterocycles. The lowest BCUT2D eigenvalue weighted by Crippen LogP contribution is -2.23. The Balaban J connectivity index is 1.63. The summed E-state index contributed by atoms with van der Waals surface area (Å²) in [5.74, 6) is 1.59. The lowest BCUT2D eigenvalue weighted by Gasteiger charge is -2.01. The van der Waals surface area contributed by atoms with Crippen LogP contribution in [0.4, 0.5) is 0 Å². The van der Waals surface area contributed by atoms with Gasteiger partial charge < -0.3 is 14.4 Å². The smallest absolute Gasteiger partial charge is 0.251 e. The number of rotatable bonds is 7. The van der Waals surface area contributed by atoms with Crippen molar-refractivity contribution < 1.29 is 13.8 Å². The van der Waals surface area contributed by atoms with Crippen LogP contribution in [0.25, 0.3) is 0 Å². The largest absolute Gasteiger partial charge is 0.361 e. The number of hydrogen-bond donors (Lipinski definition) is 1. The van der Waals surface area contributed by atoms with Gasteiger partial charge in [-0.3, -0.25) is 4.79 Å². The third-order valence-electron chi connectivity index (χ3n) is 3.89. The summed E-state index contributed by atoms with van der Waals surface area (Å²) in [7, 11) is 0. The Morgan fingerprint density at radius 3 is 2.60 bits per heavy atom. The molecular formula is C18H20N4O3. The zero-order valence-electron chi connectivity index (χ0n) is 14.3. The van der Waals surface area contributed by atoms with Gasteiger partial charge in [0.05, 0.1) is 18.7 Å². The number of aryl methyl sites for hydroxylation is 2. The Kier molecular flexibility index (Phi) is 5.23. The first kappa shape index (κ1) is 16.9. The maximum absolute atomic E-state index is 12.0. The molecule has 2 heterocycles. The molecule has 130 valence electrons. The highest BCUT2D eigenvalue weighted by Crippen LogP contribution is 2.19. The molecule has 0 spiro atoms. The fourth-order valence-electron chi connectivity index (χ4n) is 2.57. The first-order chi connectivity index (χ1) is 12.2. The van der Waals surface area contributed by atoms with Crippen molar-refractivity contribution in [2.24, 2.45) is 0 Å². The molecule has 0 saturated heterocycles. The summed E-state index contributed by atoms with van der Waals surface area (Å²) < 4.78 is 10.6. The van der Waals surface area contributed by atoms with Gasteiger partial charge in [0.2, 0.25) is 5.89 Å². The fraction of sp³-hybridized carbons (Fsp3) is 0.333. The molecule has 0 aliphatic carbocycles. The quantitative estimate of drug-likeness (QED) is 0.711. The maximum atomic E-state index is 12.0. The van der Waals surface area contributed by atoms with E-state index in [1.54, 1.807) is 12.1 Å². The first-order valence-electron chi connectivity index (χ1n) is 8.32. The minimum atomic E-state index is -0.174. The molecule has 7 heteroatoms. The van der Waals surface area contributed by atoms with Crippen LogP contribution in [-0.2, 0) is 25.8 Å². The molecule has 0 radical (unpaired) electrons. The molecule has 0 aliphatic rings. The third-order valence-corrected chi connectivity index (χ3v) is 3.89. The lowest BCUT2D eigenvalue weighted by molar-refractivity contribution is 0.0949. The Labute approximate surface area is 145 Å². The van der Waals surface area contributed by atoms with Crippen LogP contribution in [0.1, 0.15) is 52.9 Å². The number of benzene rings is 1. The lowest BCUT2D eigenvalue weighted by atomic mass is 10.1. The molecule has 0 saturated carbocycles. The van der Waals surface area contributed by atoms with Crippen molar-refractivity contribution in [3.05, 3.63) is 64.6 Å². The second-order valence-electron chi connectivity index (χ2n) is 5.57. The van der Waals surface area contributed by atoms with E-state index in [9.17, 15) is 4.79 Å². The van der Waals surface area contributed by atoms with E-state index in [0.29, 0.717) is 23.7 Å². The van der Waals surface area contributed by atoms with Crippen LogP contribution in [0, 0.1) is 0 Å². The average molecular weight is 340 g/mol. The molecule has 3 rings (SSSR count). The van der Waals surface area contributed by atoms with E-state index < -0.39 is 0 Å². The van der Waals surface area contributed by atoms with E-state index in [1.165, 1.54) is 0 Å². The van der Waals surface area contributed by atoms with Crippen LogP contribution in [0.2, 0.25) is 0 Å². The van der Waals surface area contributed by atoms with Gasteiger partial charge in [-0.05, 0) is 18.6 Å². The van der Waals surface area contributed by atoms with E-state index >= 15 is 0 Å². The molecule has 7 nitrogen and oxygen atoms in total. The molecule has 0 bridgehead atoms. The van der Waals surface area contributed by atoms with Gasteiger partial charge in [-0.2, -0.15) is 4.98 Å². The number of nitrogens with one attached hydrogen (secondary N) is 1. The molecule has 2 aromatic heterocycles. The first-order valence-corrected chi connectivity index (χ1v) is 8.32. The summed E-state index contributed by atoms with van der Waals surface area (Å²) in [6.45, 7) is 4.25. The number of aromatic nitrogens is 3. The van der Waals surface area contributed by atoms with Gasteiger partial charge >= 0.3 is 0 Å². The van der Waals surface area contributed by atoms with Crippen LogP contribution >= 0.6 is 0 Å². The molecule has 1 amide bonds. The summed E-state index contributed by atoms with van der Waals surface area (Å²) >= 11 is 0. The number of hydrogen-bond acceptors (Lipinski definition) is 6. The number of amides is 1. The molecule has 0 fully saturated rings. The van der Waals surface area contributed by atoms with Crippen molar-refractivity contribution in [3.63, 3.8) is 0 Å². The zero-order valence-corrected chi connectivity index (χ0v) is 14.3. The van der Waals surface area contributed by atoms with E-state index in [2.05, 4.69) is 20.6 Å². The fourth-order valence-corrected chi connectivity index (χ4v) is 2.57. The summed E-state index contributed by atoms with van der Waals surface area (Å²) in [4.78, 5) is 16.4. The minimum absolute atomic E-state index is 0.174. The van der Waals surface area contributed by atoms with Crippen LogP contribution in [0.5, 0.6) is 0 Å². The predicted molar refractivity (Wildman–Crippen MR) is 90.0 cm³/mol. The van der Waals surface area contributed by atoms with E-state index in [4.69, 9.17) is 9.05 Å².